The lowest BCUT2D eigenvalue weighted by atomic mass is 10.1. The molecule has 1 aliphatic rings. The van der Waals surface area contributed by atoms with Gasteiger partial charge >= 0.3 is 16.2 Å². The van der Waals surface area contributed by atoms with Crippen molar-refractivity contribution in [1.29, 1.82) is 0 Å². The van der Waals surface area contributed by atoms with Gasteiger partial charge in [-0.15, -0.1) is 3.89 Å². The van der Waals surface area contributed by atoms with Crippen LogP contribution in [0.25, 0.3) is 0 Å². The molecule has 0 aromatic heterocycles. The third-order valence-corrected chi connectivity index (χ3v) is 4.04. The molecule has 9 heteroatoms. The minimum absolute atomic E-state index is 0.470. The lowest BCUT2D eigenvalue weighted by molar-refractivity contribution is -0.153. The Bertz CT molecular complexity index is 450. The predicted molar refractivity (Wildman–Crippen MR) is 58.0 cm³/mol. The molecule has 0 aromatic carbocycles. The molecule has 3 atom stereocenters. The first-order valence-electron chi connectivity index (χ1n) is 5.17. The number of aliphatic carboxylic acids is 1. The van der Waals surface area contributed by atoms with Gasteiger partial charge < -0.3 is 14.7 Å². The minimum Gasteiger partial charge on any atom is -0.480 e. The molecule has 0 saturated carbocycles. The molecule has 0 bridgehead atoms. The van der Waals surface area contributed by atoms with Gasteiger partial charge in [0.2, 0.25) is 5.91 Å². The van der Waals surface area contributed by atoms with E-state index >= 15 is 0 Å². The maximum atomic E-state index is 12.8. The number of methoxy groups -OCH3 is 1. The van der Waals surface area contributed by atoms with Crippen LogP contribution in [0.4, 0.5) is 3.89 Å². The number of carbonyl (C=O) groups is 2. The molecule has 0 aromatic rings. The molecule has 1 rings (SSSR count). The summed E-state index contributed by atoms with van der Waals surface area (Å²) in [6.45, 7) is 0.964. The molecule has 1 saturated heterocycles. The van der Waals surface area contributed by atoms with E-state index < -0.39 is 52.5 Å². The van der Waals surface area contributed by atoms with Crippen LogP contribution in [-0.2, 0) is 24.5 Å². The summed E-state index contributed by atoms with van der Waals surface area (Å²) in [7, 11) is -3.59. The number of amides is 1. The number of likely N-dealkylation sites (tertiary alicyclic amines) is 1. The van der Waals surface area contributed by atoms with Crippen molar-refractivity contribution in [3.63, 3.8) is 0 Å². The maximum absolute atomic E-state index is 12.8. The number of rotatable bonds is 5. The second-order valence-corrected chi connectivity index (χ2v) is 5.69. The topological polar surface area (TPSA) is 101 Å². The SMILES string of the molecule is CO[C@H](C)[C@@H](C(=O)O)N1CC(S(=O)(=O)F)CC1=O. The van der Waals surface area contributed by atoms with Gasteiger partial charge in [-0.05, 0) is 6.92 Å². The van der Waals surface area contributed by atoms with Crippen LogP contribution in [0.3, 0.4) is 0 Å². The van der Waals surface area contributed by atoms with Gasteiger partial charge in [-0.3, -0.25) is 4.79 Å². The fourth-order valence-electron chi connectivity index (χ4n) is 1.87. The third kappa shape index (κ3) is 2.96. The summed E-state index contributed by atoms with van der Waals surface area (Å²) < 4.78 is 39.1. The maximum Gasteiger partial charge on any atom is 0.329 e. The number of halogens is 1. The van der Waals surface area contributed by atoms with Crippen LogP contribution in [0.15, 0.2) is 0 Å². The zero-order valence-electron chi connectivity index (χ0n) is 9.87. The highest BCUT2D eigenvalue weighted by atomic mass is 32.3. The molecule has 1 amide bonds. The Hall–Kier alpha value is -1.22. The number of hydrogen-bond donors (Lipinski definition) is 1. The summed E-state index contributed by atoms with van der Waals surface area (Å²) >= 11 is 0. The Morgan fingerprint density at radius 3 is 2.50 bits per heavy atom. The van der Waals surface area contributed by atoms with E-state index in [4.69, 9.17) is 9.84 Å². The molecule has 0 spiro atoms. The van der Waals surface area contributed by atoms with Crippen molar-refractivity contribution in [2.75, 3.05) is 13.7 Å². The quantitative estimate of drug-likeness (QED) is 0.674. The molecule has 7 nitrogen and oxygen atoms in total. The van der Waals surface area contributed by atoms with Crippen LogP contribution in [0.5, 0.6) is 0 Å². The highest BCUT2D eigenvalue weighted by Gasteiger charge is 2.45. The number of carbonyl (C=O) groups excluding carboxylic acids is 1. The average Bonchev–Trinajstić information content (AvgIpc) is 2.60. The van der Waals surface area contributed by atoms with Gasteiger partial charge in [-0.2, -0.15) is 8.42 Å². The second-order valence-electron chi connectivity index (χ2n) is 4.07. The lowest BCUT2D eigenvalue weighted by Crippen LogP contribution is -2.49. The van der Waals surface area contributed by atoms with Crippen molar-refractivity contribution >= 4 is 22.1 Å². The summed E-state index contributed by atoms with van der Waals surface area (Å²) in [5.74, 6) is -2.04. The number of nitrogens with zero attached hydrogens (tertiary/aromatic N) is 1. The summed E-state index contributed by atoms with van der Waals surface area (Å²) in [5.41, 5.74) is 0. The van der Waals surface area contributed by atoms with Crippen LogP contribution in [0.1, 0.15) is 13.3 Å². The van der Waals surface area contributed by atoms with E-state index in [-0.39, 0.29) is 0 Å². The zero-order valence-corrected chi connectivity index (χ0v) is 10.7. The molecule has 18 heavy (non-hydrogen) atoms. The molecule has 1 unspecified atom stereocenters. The van der Waals surface area contributed by atoms with Crippen molar-refractivity contribution in [2.45, 2.75) is 30.7 Å². The Kier molecular flexibility index (Phi) is 4.28. The van der Waals surface area contributed by atoms with Crippen molar-refractivity contribution in [1.82, 2.24) is 4.90 Å². The van der Waals surface area contributed by atoms with Crippen LogP contribution >= 0.6 is 0 Å². The highest BCUT2D eigenvalue weighted by Crippen LogP contribution is 2.23. The van der Waals surface area contributed by atoms with Crippen LogP contribution in [-0.4, -0.2) is 61.4 Å². The fourth-order valence-corrected chi connectivity index (χ4v) is 2.55. The van der Waals surface area contributed by atoms with E-state index in [9.17, 15) is 21.9 Å². The first kappa shape index (κ1) is 14.8. The standard InChI is InChI=1S/C9H14FNO6S/c1-5(17-2)8(9(13)14)11-4-6(3-7(11)12)18(10,15)16/h5-6,8H,3-4H2,1-2H3,(H,13,14)/t5-,6?,8+/m1/s1. The van der Waals surface area contributed by atoms with Crippen molar-refractivity contribution in [2.24, 2.45) is 0 Å². The molecular formula is C9H14FNO6S. The molecule has 1 heterocycles. The first-order chi connectivity index (χ1) is 8.18. The van der Waals surface area contributed by atoms with Gasteiger partial charge in [0.1, 0.15) is 5.25 Å². The van der Waals surface area contributed by atoms with Gasteiger partial charge in [0.15, 0.2) is 6.04 Å². The van der Waals surface area contributed by atoms with Gasteiger partial charge in [0.25, 0.3) is 0 Å². The number of ether oxygens (including phenoxy) is 1. The molecule has 0 radical (unpaired) electrons. The molecule has 104 valence electrons. The Balaban J connectivity index is 2.95. The van der Waals surface area contributed by atoms with E-state index in [1.54, 1.807) is 0 Å². The van der Waals surface area contributed by atoms with Crippen molar-refractivity contribution in [3.8, 4) is 0 Å². The molecule has 1 fully saturated rings. The lowest BCUT2D eigenvalue weighted by Gasteiger charge is -2.28. The van der Waals surface area contributed by atoms with Gasteiger partial charge in [-0.25, -0.2) is 4.79 Å². The first-order valence-corrected chi connectivity index (χ1v) is 6.61. The van der Waals surface area contributed by atoms with E-state index in [0.717, 1.165) is 4.90 Å². The molecule has 0 aliphatic carbocycles. The van der Waals surface area contributed by atoms with Gasteiger partial charge in [0, 0.05) is 20.1 Å². The summed E-state index contributed by atoms with van der Waals surface area (Å²) in [4.78, 5) is 23.5. The van der Waals surface area contributed by atoms with Crippen LogP contribution < -0.4 is 0 Å². The van der Waals surface area contributed by atoms with E-state index in [2.05, 4.69) is 0 Å². The minimum atomic E-state index is -4.86. The van der Waals surface area contributed by atoms with E-state index in [0.29, 0.717) is 0 Å². The summed E-state index contributed by atoms with van der Waals surface area (Å²) in [6, 6.07) is -1.32. The molecular weight excluding hydrogens is 269 g/mol. The Labute approximate surface area is 104 Å². The fraction of sp³-hybridized carbons (Fsp3) is 0.778. The predicted octanol–water partition coefficient (Wildman–Crippen LogP) is -0.625. The Morgan fingerprint density at radius 1 is 1.61 bits per heavy atom. The number of carboxylic acid groups (broad SMARTS) is 1. The number of carboxylic acids is 1. The normalized spacial score (nSPS) is 24.1. The highest BCUT2D eigenvalue weighted by molar-refractivity contribution is 7.87. The van der Waals surface area contributed by atoms with Crippen LogP contribution in [0, 0.1) is 0 Å². The third-order valence-electron chi connectivity index (χ3n) is 2.93. The number of hydrogen-bond acceptors (Lipinski definition) is 5. The van der Waals surface area contributed by atoms with E-state index in [1.165, 1.54) is 14.0 Å². The monoisotopic (exact) mass is 283 g/mol. The van der Waals surface area contributed by atoms with Crippen molar-refractivity contribution < 1.29 is 31.7 Å². The summed E-state index contributed by atoms with van der Waals surface area (Å²) in [5, 5.41) is 7.52. The van der Waals surface area contributed by atoms with Crippen molar-refractivity contribution in [3.05, 3.63) is 0 Å². The molecule has 1 aliphatic heterocycles. The second kappa shape index (κ2) is 5.19. The summed E-state index contributed by atoms with van der Waals surface area (Å²) in [6.07, 6.45) is -1.37. The zero-order chi connectivity index (χ0) is 14.1. The molecule has 1 N–H and O–H groups in total. The largest absolute Gasteiger partial charge is 0.480 e. The Morgan fingerprint density at radius 2 is 2.17 bits per heavy atom. The van der Waals surface area contributed by atoms with Gasteiger partial charge in [0.05, 0.1) is 6.10 Å². The van der Waals surface area contributed by atoms with Gasteiger partial charge in [-0.1, -0.05) is 0 Å². The smallest absolute Gasteiger partial charge is 0.329 e. The van der Waals surface area contributed by atoms with E-state index in [1.807, 2.05) is 0 Å². The average molecular weight is 283 g/mol. The van der Waals surface area contributed by atoms with Crippen LogP contribution in [0.2, 0.25) is 0 Å².